The fraction of sp³-hybridized carbons (Fsp3) is 0.467. The van der Waals surface area contributed by atoms with Gasteiger partial charge in [0, 0.05) is 32.4 Å². The molecule has 3 heterocycles. The molecule has 0 amide bonds. The molecule has 0 radical (unpaired) electrons. The number of hydrogen-bond acceptors (Lipinski definition) is 6. The summed E-state index contributed by atoms with van der Waals surface area (Å²) in [5, 5.41) is 0. The molecule has 0 bridgehead atoms. The van der Waals surface area contributed by atoms with Gasteiger partial charge in [0.2, 0.25) is 0 Å². The molecule has 1 aliphatic rings. The molecule has 1 aliphatic heterocycles. The Morgan fingerprint density at radius 1 is 1.17 bits per heavy atom. The number of anilines is 1. The van der Waals surface area contributed by atoms with Crippen molar-refractivity contribution in [3.63, 3.8) is 0 Å². The summed E-state index contributed by atoms with van der Waals surface area (Å²) in [7, 11) is -3.48. The lowest BCUT2D eigenvalue weighted by molar-refractivity contribution is 0.434. The molecule has 3 rings (SSSR count). The fourth-order valence-corrected chi connectivity index (χ4v) is 5.84. The van der Waals surface area contributed by atoms with Crippen molar-refractivity contribution >= 4 is 38.8 Å². The van der Waals surface area contributed by atoms with Crippen molar-refractivity contribution in [2.24, 2.45) is 0 Å². The number of hydrogen-bond donors (Lipinski definition) is 0. The first-order valence-electron chi connectivity index (χ1n) is 7.68. The summed E-state index contributed by atoms with van der Waals surface area (Å²) in [6, 6.07) is 3.19. The SMILES string of the molecule is Cc1cnc(C)c(N2CCCN(S(=O)(=O)c3ccc(Cl)s3)CC2)n1. The lowest BCUT2D eigenvalue weighted by Crippen LogP contribution is -2.35. The lowest BCUT2D eigenvalue weighted by Gasteiger charge is -2.23. The van der Waals surface area contributed by atoms with Gasteiger partial charge in [-0.15, -0.1) is 11.3 Å². The molecule has 0 saturated carbocycles. The molecule has 130 valence electrons. The monoisotopic (exact) mass is 386 g/mol. The highest BCUT2D eigenvalue weighted by atomic mass is 35.5. The number of nitrogens with zero attached hydrogens (tertiary/aromatic N) is 4. The van der Waals surface area contributed by atoms with E-state index in [4.69, 9.17) is 11.6 Å². The molecule has 0 aromatic carbocycles. The Morgan fingerprint density at radius 3 is 2.67 bits per heavy atom. The molecule has 1 fully saturated rings. The maximum Gasteiger partial charge on any atom is 0.252 e. The highest BCUT2D eigenvalue weighted by Crippen LogP contribution is 2.29. The Bertz CT molecular complexity index is 838. The van der Waals surface area contributed by atoms with E-state index in [1.165, 1.54) is 4.31 Å². The second-order valence-electron chi connectivity index (χ2n) is 5.72. The fourth-order valence-electron chi connectivity index (χ4n) is 2.73. The minimum atomic E-state index is -3.48. The van der Waals surface area contributed by atoms with E-state index in [2.05, 4.69) is 14.9 Å². The van der Waals surface area contributed by atoms with E-state index in [1.54, 1.807) is 18.3 Å². The summed E-state index contributed by atoms with van der Waals surface area (Å²) in [6.45, 7) is 6.10. The highest BCUT2D eigenvalue weighted by Gasteiger charge is 2.29. The van der Waals surface area contributed by atoms with Gasteiger partial charge in [-0.25, -0.2) is 13.4 Å². The van der Waals surface area contributed by atoms with Gasteiger partial charge >= 0.3 is 0 Å². The van der Waals surface area contributed by atoms with Crippen molar-refractivity contribution in [2.75, 3.05) is 31.1 Å². The highest BCUT2D eigenvalue weighted by molar-refractivity contribution is 7.91. The minimum absolute atomic E-state index is 0.299. The summed E-state index contributed by atoms with van der Waals surface area (Å²) < 4.78 is 27.8. The lowest BCUT2D eigenvalue weighted by atomic mass is 10.3. The molecule has 24 heavy (non-hydrogen) atoms. The first-order valence-corrected chi connectivity index (χ1v) is 10.3. The molecular weight excluding hydrogens is 368 g/mol. The van der Waals surface area contributed by atoms with E-state index in [-0.39, 0.29) is 0 Å². The number of sulfonamides is 1. The van der Waals surface area contributed by atoms with Crippen LogP contribution in [0.3, 0.4) is 0 Å². The maximum absolute atomic E-state index is 12.7. The Hall–Kier alpha value is -1.22. The Labute approximate surface area is 151 Å². The smallest absolute Gasteiger partial charge is 0.252 e. The molecular formula is C15H19ClN4O2S2. The van der Waals surface area contributed by atoms with E-state index < -0.39 is 10.0 Å². The average molecular weight is 387 g/mol. The van der Waals surface area contributed by atoms with Gasteiger partial charge in [0.05, 0.1) is 15.7 Å². The molecule has 6 nitrogen and oxygen atoms in total. The summed E-state index contributed by atoms with van der Waals surface area (Å²) in [6.07, 6.45) is 2.49. The molecule has 1 saturated heterocycles. The number of thiophene rings is 1. The normalized spacial score (nSPS) is 17.0. The van der Waals surface area contributed by atoms with Gasteiger partial charge < -0.3 is 4.90 Å². The summed E-state index contributed by atoms with van der Waals surface area (Å²) in [5.41, 5.74) is 1.72. The molecule has 2 aromatic heterocycles. The van der Waals surface area contributed by atoms with Gasteiger partial charge in [-0.1, -0.05) is 11.6 Å². The summed E-state index contributed by atoms with van der Waals surface area (Å²) >= 11 is 6.98. The van der Waals surface area contributed by atoms with E-state index in [1.807, 2.05) is 13.8 Å². The van der Waals surface area contributed by atoms with Crippen LogP contribution in [0.4, 0.5) is 5.82 Å². The van der Waals surface area contributed by atoms with Crippen LogP contribution in [0.15, 0.2) is 22.5 Å². The van der Waals surface area contributed by atoms with Crippen LogP contribution in [0, 0.1) is 13.8 Å². The van der Waals surface area contributed by atoms with E-state index in [0.29, 0.717) is 28.2 Å². The number of rotatable bonds is 3. The Morgan fingerprint density at radius 2 is 1.96 bits per heavy atom. The van der Waals surface area contributed by atoms with E-state index in [9.17, 15) is 8.42 Å². The third-order valence-corrected chi connectivity index (χ3v) is 7.55. The maximum atomic E-state index is 12.7. The molecule has 2 aromatic rings. The second kappa shape index (κ2) is 6.95. The van der Waals surface area contributed by atoms with Crippen molar-refractivity contribution in [3.05, 3.63) is 34.1 Å². The van der Waals surface area contributed by atoms with Crippen LogP contribution >= 0.6 is 22.9 Å². The second-order valence-corrected chi connectivity index (χ2v) is 9.60. The van der Waals surface area contributed by atoms with Gasteiger partial charge in [0.1, 0.15) is 10.0 Å². The minimum Gasteiger partial charge on any atom is -0.354 e. The van der Waals surface area contributed by atoms with E-state index >= 15 is 0 Å². The van der Waals surface area contributed by atoms with Crippen LogP contribution < -0.4 is 4.90 Å². The van der Waals surface area contributed by atoms with Gasteiger partial charge in [0.25, 0.3) is 10.0 Å². The zero-order chi connectivity index (χ0) is 17.3. The third-order valence-electron chi connectivity index (χ3n) is 3.95. The third kappa shape index (κ3) is 3.56. The van der Waals surface area contributed by atoms with Crippen LogP contribution in [-0.4, -0.2) is 48.9 Å². The van der Waals surface area contributed by atoms with Crippen LogP contribution in [0.5, 0.6) is 0 Å². The van der Waals surface area contributed by atoms with Crippen LogP contribution in [-0.2, 0) is 10.0 Å². The predicted molar refractivity (Wildman–Crippen MR) is 96.4 cm³/mol. The van der Waals surface area contributed by atoms with Gasteiger partial charge in [-0.05, 0) is 32.4 Å². The summed E-state index contributed by atoms with van der Waals surface area (Å²) in [5.74, 6) is 0.841. The molecule has 0 unspecified atom stereocenters. The van der Waals surface area contributed by atoms with Crippen molar-refractivity contribution in [2.45, 2.75) is 24.5 Å². The first-order chi connectivity index (χ1) is 11.4. The van der Waals surface area contributed by atoms with Crippen molar-refractivity contribution in [1.29, 1.82) is 0 Å². The number of halogens is 1. The van der Waals surface area contributed by atoms with Crippen LogP contribution in [0.1, 0.15) is 17.8 Å². The quantitative estimate of drug-likeness (QED) is 0.811. The molecule has 0 N–H and O–H groups in total. The Kier molecular flexibility index (Phi) is 5.10. The average Bonchev–Trinajstić information content (AvgIpc) is 2.83. The number of aromatic nitrogens is 2. The van der Waals surface area contributed by atoms with Crippen molar-refractivity contribution in [3.8, 4) is 0 Å². The zero-order valence-electron chi connectivity index (χ0n) is 13.6. The molecule has 0 aliphatic carbocycles. The molecule has 9 heteroatoms. The first kappa shape index (κ1) is 17.6. The topological polar surface area (TPSA) is 66.4 Å². The van der Waals surface area contributed by atoms with Crippen LogP contribution in [0.2, 0.25) is 4.34 Å². The van der Waals surface area contributed by atoms with Crippen LogP contribution in [0.25, 0.3) is 0 Å². The van der Waals surface area contributed by atoms with Crippen molar-refractivity contribution in [1.82, 2.24) is 14.3 Å². The van der Waals surface area contributed by atoms with Gasteiger partial charge in [0.15, 0.2) is 0 Å². The Balaban J connectivity index is 1.79. The largest absolute Gasteiger partial charge is 0.354 e. The molecule has 0 atom stereocenters. The number of aryl methyl sites for hydroxylation is 2. The van der Waals surface area contributed by atoms with Crippen molar-refractivity contribution < 1.29 is 8.42 Å². The molecule has 0 spiro atoms. The standard InChI is InChI=1S/C15H19ClN4O2S2/c1-11-10-17-12(2)15(18-11)19-6-3-7-20(9-8-19)24(21,22)14-5-4-13(16)23-14/h4-5,10H,3,6-9H2,1-2H3. The van der Waals surface area contributed by atoms with Gasteiger partial charge in [-0.3, -0.25) is 4.98 Å². The summed E-state index contributed by atoms with van der Waals surface area (Å²) in [4.78, 5) is 11.0. The predicted octanol–water partition coefficient (Wildman–Crippen LogP) is 2.71. The van der Waals surface area contributed by atoms with Gasteiger partial charge in [-0.2, -0.15) is 4.31 Å². The van der Waals surface area contributed by atoms with E-state index in [0.717, 1.165) is 41.5 Å². The zero-order valence-corrected chi connectivity index (χ0v) is 16.0.